The zero-order valence-electron chi connectivity index (χ0n) is 25.6. The number of aryl methyl sites for hydroxylation is 2. The Balaban J connectivity index is 1.69. The van der Waals surface area contributed by atoms with Crippen molar-refractivity contribution >= 4 is 35.2 Å². The number of carbonyl (C=O) groups excluding carboxylic acids is 3. The number of likely N-dealkylation sites (tertiary alicyclic amines) is 1. The minimum atomic E-state index is -0.684. The van der Waals surface area contributed by atoms with Crippen molar-refractivity contribution in [3.8, 4) is 0 Å². The summed E-state index contributed by atoms with van der Waals surface area (Å²) in [5, 5.41) is 9.21. The molecule has 1 aromatic carbocycles. The number of nitrogens with zero attached hydrogens (tertiary/aromatic N) is 2. The number of amides is 2. The third-order valence-electron chi connectivity index (χ3n) is 9.41. The first-order valence-corrected chi connectivity index (χ1v) is 16.4. The number of benzene rings is 1. The van der Waals surface area contributed by atoms with Crippen molar-refractivity contribution in [1.82, 2.24) is 4.90 Å². The normalized spacial score (nSPS) is 27.7. The Morgan fingerprint density at radius 3 is 2.48 bits per heavy atom. The third kappa shape index (κ3) is 5.94. The number of ether oxygens (including phenoxy) is 1. The van der Waals surface area contributed by atoms with Crippen molar-refractivity contribution in [2.75, 3.05) is 31.2 Å². The van der Waals surface area contributed by atoms with Crippen LogP contribution in [0.25, 0.3) is 0 Å². The zero-order chi connectivity index (χ0) is 30.5. The zero-order valence-corrected chi connectivity index (χ0v) is 26.4. The van der Waals surface area contributed by atoms with E-state index in [4.69, 9.17) is 4.74 Å². The molecule has 0 radical (unpaired) electrons. The lowest BCUT2D eigenvalue weighted by molar-refractivity contribution is -0.155. The van der Waals surface area contributed by atoms with E-state index in [-0.39, 0.29) is 24.4 Å². The van der Waals surface area contributed by atoms with Crippen LogP contribution in [-0.4, -0.2) is 69.6 Å². The average molecular weight is 597 g/mol. The summed E-state index contributed by atoms with van der Waals surface area (Å²) < 4.78 is 4.66. The fourth-order valence-corrected chi connectivity index (χ4v) is 9.84. The van der Waals surface area contributed by atoms with E-state index in [0.29, 0.717) is 26.1 Å². The summed E-state index contributed by atoms with van der Waals surface area (Å²) in [5.41, 5.74) is 2.84. The molecule has 7 nitrogen and oxygen atoms in total. The Morgan fingerprint density at radius 1 is 1.10 bits per heavy atom. The molecule has 3 saturated heterocycles. The van der Waals surface area contributed by atoms with E-state index >= 15 is 0 Å². The number of unbranched alkanes of at least 4 members (excludes halogenated alkanes) is 5. The van der Waals surface area contributed by atoms with Gasteiger partial charge >= 0.3 is 5.97 Å². The minimum absolute atomic E-state index is 0.0971. The quantitative estimate of drug-likeness (QED) is 0.148. The van der Waals surface area contributed by atoms with Gasteiger partial charge in [-0.05, 0) is 76.8 Å². The molecule has 3 fully saturated rings. The van der Waals surface area contributed by atoms with Crippen LogP contribution in [0.2, 0.25) is 0 Å². The van der Waals surface area contributed by atoms with Gasteiger partial charge in [0.1, 0.15) is 6.04 Å². The van der Waals surface area contributed by atoms with Gasteiger partial charge < -0.3 is 19.6 Å². The lowest BCUT2D eigenvalue weighted by Gasteiger charge is -2.38. The van der Waals surface area contributed by atoms with E-state index in [1.165, 1.54) is 0 Å². The SMILES string of the molecule is C=CCCCCOC(=O)[C@H]1[C@H]2C(=O)N(CCCCCCO)C(C(=O)N(CC=C)c3c(C)cccc3C)C23CC[C@]1(C)S3. The molecule has 0 aliphatic carbocycles. The van der Waals surface area contributed by atoms with Crippen LogP contribution in [0, 0.1) is 25.7 Å². The maximum absolute atomic E-state index is 14.8. The summed E-state index contributed by atoms with van der Waals surface area (Å²) in [7, 11) is 0. The van der Waals surface area contributed by atoms with Gasteiger partial charge in [0.05, 0.1) is 23.2 Å². The van der Waals surface area contributed by atoms with Gasteiger partial charge in [0.15, 0.2) is 0 Å². The number of allylic oxidation sites excluding steroid dienone is 1. The largest absolute Gasteiger partial charge is 0.465 e. The lowest BCUT2D eigenvalue weighted by Crippen LogP contribution is -2.55. The number of anilines is 1. The van der Waals surface area contributed by atoms with Gasteiger partial charge in [0, 0.05) is 30.1 Å². The lowest BCUT2D eigenvalue weighted by atomic mass is 9.66. The number of hydrogen-bond acceptors (Lipinski definition) is 6. The summed E-state index contributed by atoms with van der Waals surface area (Å²) in [6, 6.07) is 5.32. The van der Waals surface area contributed by atoms with E-state index in [2.05, 4.69) is 20.1 Å². The first-order valence-electron chi connectivity index (χ1n) is 15.5. The summed E-state index contributed by atoms with van der Waals surface area (Å²) in [5.74, 6) is -1.67. The Hall–Kier alpha value is -2.58. The fraction of sp³-hybridized carbons (Fsp3) is 0.618. The number of hydrogen-bond donors (Lipinski definition) is 1. The Morgan fingerprint density at radius 2 is 1.81 bits per heavy atom. The van der Waals surface area contributed by atoms with Crippen molar-refractivity contribution < 1.29 is 24.2 Å². The molecule has 1 spiro atoms. The van der Waals surface area contributed by atoms with Crippen molar-refractivity contribution in [3.05, 3.63) is 54.6 Å². The molecule has 42 heavy (non-hydrogen) atoms. The molecule has 230 valence electrons. The molecule has 5 atom stereocenters. The van der Waals surface area contributed by atoms with Crippen LogP contribution >= 0.6 is 11.8 Å². The second-order valence-electron chi connectivity index (χ2n) is 12.3. The van der Waals surface area contributed by atoms with Crippen LogP contribution in [0.4, 0.5) is 5.69 Å². The number of thioether (sulfide) groups is 1. The van der Waals surface area contributed by atoms with Gasteiger partial charge in [-0.25, -0.2) is 0 Å². The van der Waals surface area contributed by atoms with Gasteiger partial charge in [-0.1, -0.05) is 43.2 Å². The number of fused-ring (bicyclic) bond motifs is 1. The van der Waals surface area contributed by atoms with Gasteiger partial charge in [0.2, 0.25) is 5.91 Å². The standard InChI is InChI=1S/C34H48N2O5S/c1-6-8-9-14-23-41-32(40)27-26-30(38)36(21-12-10-11-13-22-37)29(34(26)19-18-33(27,5)42-34)31(39)35(20-7-2)28-24(3)16-15-17-25(28)4/h6-7,15-17,26-27,29,37H,1-2,8-14,18-23H2,3-5H3/t26-,27+,29?,33-,34?/m0/s1. The van der Waals surface area contributed by atoms with Crippen molar-refractivity contribution in [2.45, 2.75) is 94.1 Å². The monoisotopic (exact) mass is 596 g/mol. The van der Waals surface area contributed by atoms with Crippen molar-refractivity contribution in [1.29, 1.82) is 0 Å². The predicted molar refractivity (Wildman–Crippen MR) is 169 cm³/mol. The first-order chi connectivity index (χ1) is 20.2. The van der Waals surface area contributed by atoms with Crippen LogP contribution in [0.15, 0.2) is 43.5 Å². The Kier molecular flexibility index (Phi) is 10.6. The maximum atomic E-state index is 14.8. The molecule has 2 bridgehead atoms. The topological polar surface area (TPSA) is 87.1 Å². The first kappa shape index (κ1) is 32.3. The van der Waals surface area contributed by atoms with Gasteiger partial charge in [-0.15, -0.1) is 24.9 Å². The average Bonchev–Trinajstić information content (AvgIpc) is 3.52. The molecule has 1 aromatic rings. The van der Waals surface area contributed by atoms with E-state index < -0.39 is 27.4 Å². The smallest absolute Gasteiger partial charge is 0.311 e. The molecule has 0 saturated carbocycles. The molecule has 3 aliphatic rings. The minimum Gasteiger partial charge on any atom is -0.465 e. The van der Waals surface area contributed by atoms with Gasteiger partial charge in [0.25, 0.3) is 5.91 Å². The van der Waals surface area contributed by atoms with E-state index in [0.717, 1.165) is 68.2 Å². The van der Waals surface area contributed by atoms with E-state index in [1.807, 2.05) is 38.1 Å². The molecule has 0 aromatic heterocycles. The number of para-hydroxylation sites is 1. The summed E-state index contributed by atoms with van der Waals surface area (Å²) in [6.07, 6.45) is 10.8. The summed E-state index contributed by atoms with van der Waals surface area (Å²) >= 11 is 1.68. The predicted octanol–water partition coefficient (Wildman–Crippen LogP) is 5.76. The van der Waals surface area contributed by atoms with Crippen molar-refractivity contribution in [3.63, 3.8) is 0 Å². The number of esters is 1. The second-order valence-corrected chi connectivity index (χ2v) is 14.2. The van der Waals surface area contributed by atoms with E-state index in [1.54, 1.807) is 27.6 Å². The van der Waals surface area contributed by atoms with Gasteiger partial charge in [-0.3, -0.25) is 14.4 Å². The molecule has 1 N–H and O–H groups in total. The third-order valence-corrected chi connectivity index (χ3v) is 11.4. The van der Waals surface area contributed by atoms with Crippen LogP contribution in [-0.2, 0) is 19.1 Å². The Labute approximate surface area is 255 Å². The van der Waals surface area contributed by atoms with E-state index in [9.17, 15) is 19.5 Å². The molecule has 3 heterocycles. The molecule has 3 aliphatic heterocycles. The highest BCUT2D eigenvalue weighted by Crippen LogP contribution is 2.71. The molecule has 8 heteroatoms. The van der Waals surface area contributed by atoms with Gasteiger partial charge in [-0.2, -0.15) is 0 Å². The molecular weight excluding hydrogens is 548 g/mol. The van der Waals surface area contributed by atoms with Crippen LogP contribution in [0.5, 0.6) is 0 Å². The number of rotatable bonds is 16. The highest BCUT2D eigenvalue weighted by Gasteiger charge is 2.77. The number of aliphatic hydroxyl groups is 1. The van der Waals surface area contributed by atoms with Crippen molar-refractivity contribution in [2.24, 2.45) is 11.8 Å². The summed E-state index contributed by atoms with van der Waals surface area (Å²) in [6.45, 7) is 15.0. The highest BCUT2D eigenvalue weighted by molar-refractivity contribution is 8.02. The fourth-order valence-electron chi connectivity index (χ4n) is 7.50. The molecule has 2 unspecified atom stereocenters. The molecular formula is C34H48N2O5S. The van der Waals surface area contributed by atoms with Crippen LogP contribution in [0.1, 0.15) is 75.8 Å². The highest BCUT2D eigenvalue weighted by atomic mass is 32.2. The molecule has 2 amide bonds. The number of carbonyl (C=O) groups is 3. The summed E-state index contributed by atoms with van der Waals surface area (Å²) in [4.78, 5) is 46.5. The number of aliphatic hydroxyl groups excluding tert-OH is 1. The van der Waals surface area contributed by atoms with Crippen LogP contribution in [0.3, 0.4) is 0 Å². The van der Waals surface area contributed by atoms with Crippen LogP contribution < -0.4 is 4.90 Å². The second kappa shape index (κ2) is 13.8. The Bertz CT molecular complexity index is 1170. The molecule has 4 rings (SSSR count). The maximum Gasteiger partial charge on any atom is 0.311 e.